The van der Waals surface area contributed by atoms with E-state index >= 15 is 0 Å². The fourth-order valence-electron chi connectivity index (χ4n) is 2.65. The van der Waals surface area contributed by atoms with E-state index in [1.165, 1.54) is 5.56 Å². The van der Waals surface area contributed by atoms with Gasteiger partial charge in [0.2, 0.25) is 0 Å². The molecule has 0 amide bonds. The van der Waals surface area contributed by atoms with E-state index in [9.17, 15) is 4.79 Å². The highest BCUT2D eigenvalue weighted by atomic mass is 16.5. The molecule has 0 aliphatic rings. The van der Waals surface area contributed by atoms with E-state index < -0.39 is 0 Å². The number of hydrogen-bond acceptors (Lipinski definition) is 4. The zero-order chi connectivity index (χ0) is 19.4. The monoisotopic (exact) mass is 360 g/mol. The van der Waals surface area contributed by atoms with Crippen molar-refractivity contribution in [2.45, 2.75) is 47.0 Å². The fraction of sp³-hybridized carbons (Fsp3) is 0.500. The van der Waals surface area contributed by atoms with Gasteiger partial charge in [0.1, 0.15) is 18.1 Å². The lowest BCUT2D eigenvalue weighted by Gasteiger charge is -2.16. The van der Waals surface area contributed by atoms with Crippen LogP contribution in [0.5, 0.6) is 11.5 Å². The summed E-state index contributed by atoms with van der Waals surface area (Å²) >= 11 is 0. The minimum atomic E-state index is 0.410. The second-order valence-electron chi connectivity index (χ2n) is 6.73. The fourth-order valence-corrected chi connectivity index (χ4v) is 2.65. The molecule has 1 aromatic carbocycles. The third-order valence-electron chi connectivity index (χ3n) is 4.12. The van der Waals surface area contributed by atoms with E-state index in [1.807, 2.05) is 38.1 Å². The van der Waals surface area contributed by atoms with Crippen LogP contribution in [-0.2, 0) is 16.0 Å². The van der Waals surface area contributed by atoms with Crippen molar-refractivity contribution in [2.24, 2.45) is 5.92 Å². The molecule has 0 heterocycles. The number of carbonyl (C=O) groups is 1. The van der Waals surface area contributed by atoms with Gasteiger partial charge in [-0.25, -0.2) is 0 Å². The van der Waals surface area contributed by atoms with Crippen LogP contribution in [0.1, 0.15) is 44.7 Å². The van der Waals surface area contributed by atoms with Crippen molar-refractivity contribution in [3.05, 3.63) is 47.1 Å². The lowest BCUT2D eigenvalue weighted by atomic mass is 9.99. The van der Waals surface area contributed by atoms with Crippen LogP contribution in [0, 0.1) is 12.8 Å². The summed E-state index contributed by atoms with van der Waals surface area (Å²) in [4.78, 5) is 10.1. The highest BCUT2D eigenvalue weighted by molar-refractivity contribution is 5.49. The summed E-state index contributed by atoms with van der Waals surface area (Å²) in [6, 6.07) is 4.13. The molecule has 1 rings (SSSR count). The van der Waals surface area contributed by atoms with Crippen LogP contribution in [0.25, 0.3) is 0 Å². The molecule has 0 bridgehead atoms. The largest absolute Gasteiger partial charge is 0.496 e. The first-order chi connectivity index (χ1) is 12.5. The second-order valence-corrected chi connectivity index (χ2v) is 6.73. The maximum Gasteiger partial charge on any atom is 0.293 e. The van der Waals surface area contributed by atoms with Gasteiger partial charge in [-0.15, -0.1) is 0 Å². The van der Waals surface area contributed by atoms with Gasteiger partial charge in [-0.05, 0) is 50.3 Å². The zero-order valence-corrected chi connectivity index (χ0v) is 16.7. The van der Waals surface area contributed by atoms with Crippen LogP contribution >= 0.6 is 0 Å². The molecule has 0 radical (unpaired) electrons. The second kappa shape index (κ2) is 12.2. The molecule has 26 heavy (non-hydrogen) atoms. The van der Waals surface area contributed by atoms with E-state index in [0.717, 1.165) is 35.5 Å². The molecule has 0 aliphatic heterocycles. The number of methoxy groups -OCH3 is 1. The van der Waals surface area contributed by atoms with Gasteiger partial charge in [0.25, 0.3) is 6.47 Å². The van der Waals surface area contributed by atoms with Gasteiger partial charge in [-0.1, -0.05) is 37.6 Å². The van der Waals surface area contributed by atoms with Gasteiger partial charge in [-0.3, -0.25) is 4.79 Å². The third-order valence-corrected chi connectivity index (χ3v) is 4.12. The van der Waals surface area contributed by atoms with Gasteiger partial charge >= 0.3 is 0 Å². The quantitative estimate of drug-likeness (QED) is 0.298. The molecule has 0 aliphatic carbocycles. The molecular formula is C22H32O4. The van der Waals surface area contributed by atoms with Crippen molar-refractivity contribution in [3.63, 3.8) is 0 Å². The first-order valence-electron chi connectivity index (χ1n) is 9.17. The number of aryl methyl sites for hydroxylation is 1. The molecule has 0 saturated carbocycles. The minimum absolute atomic E-state index is 0.410. The number of allylic oxidation sites excluding steroid dienone is 2. The molecule has 0 spiro atoms. The van der Waals surface area contributed by atoms with Crippen LogP contribution in [0.3, 0.4) is 0 Å². The molecule has 144 valence electrons. The Hall–Kier alpha value is -2.23. The molecule has 0 fully saturated rings. The van der Waals surface area contributed by atoms with Gasteiger partial charge in [0.15, 0.2) is 0 Å². The number of hydrogen-bond donors (Lipinski definition) is 0. The van der Waals surface area contributed by atoms with Crippen molar-refractivity contribution in [1.82, 2.24) is 0 Å². The van der Waals surface area contributed by atoms with Crippen LogP contribution in [0.15, 0.2) is 35.9 Å². The molecule has 0 saturated heterocycles. The van der Waals surface area contributed by atoms with Gasteiger partial charge < -0.3 is 14.2 Å². The molecule has 0 aromatic heterocycles. The summed E-state index contributed by atoms with van der Waals surface area (Å²) < 4.78 is 16.2. The van der Waals surface area contributed by atoms with Crippen molar-refractivity contribution in [3.8, 4) is 11.5 Å². The van der Waals surface area contributed by atoms with Crippen LogP contribution in [0.2, 0.25) is 0 Å². The predicted octanol–water partition coefficient (Wildman–Crippen LogP) is 5.04. The number of benzene rings is 1. The zero-order valence-electron chi connectivity index (χ0n) is 16.7. The third kappa shape index (κ3) is 7.77. The summed E-state index contributed by atoms with van der Waals surface area (Å²) in [6.45, 7) is 9.88. The Morgan fingerprint density at radius 2 is 2.04 bits per heavy atom. The SMILES string of the molecule is COc1c(CCC(C)C)ccc(OC/C=C\C(C)=C/CCOC=O)c1C. The van der Waals surface area contributed by atoms with E-state index in [1.54, 1.807) is 7.11 Å². The van der Waals surface area contributed by atoms with Gasteiger partial charge in [0.05, 0.1) is 13.7 Å². The van der Waals surface area contributed by atoms with Crippen LogP contribution in [0.4, 0.5) is 0 Å². The highest BCUT2D eigenvalue weighted by Gasteiger charge is 2.11. The summed E-state index contributed by atoms with van der Waals surface area (Å²) in [5.74, 6) is 2.45. The van der Waals surface area contributed by atoms with E-state index in [2.05, 4.69) is 24.7 Å². The molecule has 1 aromatic rings. The number of ether oxygens (including phenoxy) is 3. The summed E-state index contributed by atoms with van der Waals surface area (Å²) in [5, 5.41) is 0. The van der Waals surface area contributed by atoms with Gasteiger partial charge in [-0.2, -0.15) is 0 Å². The number of rotatable bonds is 12. The van der Waals surface area contributed by atoms with Crippen molar-refractivity contribution < 1.29 is 19.0 Å². The van der Waals surface area contributed by atoms with Crippen LogP contribution in [-0.4, -0.2) is 26.8 Å². The molecule has 0 N–H and O–H groups in total. The standard InChI is InChI=1S/C22H32O4/c1-17(2)10-11-20-12-13-21(19(4)22(20)24-5)26-15-7-9-18(3)8-6-14-25-16-23/h7-9,12-13,16-17H,6,10-11,14-15H2,1-5H3/b9-7-,18-8-. The topological polar surface area (TPSA) is 44.8 Å². The highest BCUT2D eigenvalue weighted by Crippen LogP contribution is 2.32. The summed E-state index contributed by atoms with van der Waals surface area (Å²) in [7, 11) is 1.72. The normalized spacial score (nSPS) is 11.8. The molecule has 4 nitrogen and oxygen atoms in total. The lowest BCUT2D eigenvalue weighted by molar-refractivity contribution is -0.128. The Balaban J connectivity index is 2.62. The summed E-state index contributed by atoms with van der Waals surface area (Å²) in [5.41, 5.74) is 3.39. The van der Waals surface area contributed by atoms with Gasteiger partial charge in [0, 0.05) is 12.0 Å². The predicted molar refractivity (Wildman–Crippen MR) is 106 cm³/mol. The molecule has 0 unspecified atom stereocenters. The Morgan fingerprint density at radius 3 is 2.69 bits per heavy atom. The Morgan fingerprint density at radius 1 is 1.27 bits per heavy atom. The van der Waals surface area contributed by atoms with E-state index in [4.69, 9.17) is 9.47 Å². The molecule has 4 heteroatoms. The summed E-state index contributed by atoms with van der Waals surface area (Å²) in [6.07, 6.45) is 8.87. The number of carbonyl (C=O) groups excluding carboxylic acids is 1. The minimum Gasteiger partial charge on any atom is -0.496 e. The average molecular weight is 360 g/mol. The lowest BCUT2D eigenvalue weighted by Crippen LogP contribution is -2.01. The maximum atomic E-state index is 10.1. The average Bonchev–Trinajstić information content (AvgIpc) is 2.61. The van der Waals surface area contributed by atoms with E-state index in [-0.39, 0.29) is 0 Å². The van der Waals surface area contributed by atoms with Crippen molar-refractivity contribution >= 4 is 6.47 Å². The first-order valence-corrected chi connectivity index (χ1v) is 9.17. The molecule has 0 atom stereocenters. The molecular weight excluding hydrogens is 328 g/mol. The smallest absolute Gasteiger partial charge is 0.293 e. The van der Waals surface area contributed by atoms with Crippen molar-refractivity contribution in [1.29, 1.82) is 0 Å². The maximum absolute atomic E-state index is 10.1. The Bertz CT molecular complexity index is 615. The first kappa shape index (κ1) is 21.8. The van der Waals surface area contributed by atoms with Crippen LogP contribution < -0.4 is 9.47 Å². The van der Waals surface area contributed by atoms with Crippen molar-refractivity contribution in [2.75, 3.05) is 20.3 Å². The Kier molecular flexibility index (Phi) is 10.2. The Labute approximate surface area is 157 Å². The van der Waals surface area contributed by atoms with E-state index in [0.29, 0.717) is 32.0 Å².